The average molecular weight is 777 g/mol. The molecule has 0 saturated heterocycles. The molecule has 0 aromatic carbocycles. The summed E-state index contributed by atoms with van der Waals surface area (Å²) in [6.07, 6.45) is 47.6. The highest BCUT2D eigenvalue weighted by Gasteiger charge is 2.19. The fourth-order valence-electron chi connectivity index (χ4n) is 7.08. The van der Waals surface area contributed by atoms with E-state index in [1.165, 1.54) is 167 Å². The lowest BCUT2D eigenvalue weighted by molar-refractivity contribution is -0.167. The third-order valence-electron chi connectivity index (χ3n) is 10.8. The van der Waals surface area contributed by atoms with Gasteiger partial charge < -0.3 is 14.2 Å². The van der Waals surface area contributed by atoms with Crippen molar-refractivity contribution in [2.24, 2.45) is 0 Å². The van der Waals surface area contributed by atoms with Crippen LogP contribution in [0.2, 0.25) is 0 Å². The predicted molar refractivity (Wildman–Crippen MR) is 233 cm³/mol. The van der Waals surface area contributed by atoms with Gasteiger partial charge in [0.1, 0.15) is 13.2 Å². The molecule has 0 aromatic rings. The third kappa shape index (κ3) is 43.1. The first-order valence-electron chi connectivity index (χ1n) is 24.2. The Hall–Kier alpha value is -1.85. The Morgan fingerprint density at radius 2 is 0.600 bits per heavy atom. The van der Waals surface area contributed by atoms with Crippen molar-refractivity contribution in [3.05, 3.63) is 12.2 Å². The van der Waals surface area contributed by atoms with Crippen LogP contribution in [0.15, 0.2) is 12.2 Å². The molecular weight excluding hydrogens is 685 g/mol. The number of hydrogen-bond acceptors (Lipinski definition) is 6. The molecule has 55 heavy (non-hydrogen) atoms. The van der Waals surface area contributed by atoms with E-state index in [0.717, 1.165) is 57.8 Å². The maximum atomic E-state index is 12.7. The maximum absolute atomic E-state index is 12.7. The number of carbonyl (C=O) groups excluding carboxylic acids is 3. The Morgan fingerprint density at radius 3 is 0.927 bits per heavy atom. The molecule has 0 unspecified atom stereocenters. The van der Waals surface area contributed by atoms with E-state index in [1.807, 2.05) is 0 Å². The molecule has 0 rings (SSSR count). The highest BCUT2D eigenvalue weighted by molar-refractivity contribution is 5.71. The highest BCUT2D eigenvalue weighted by Crippen LogP contribution is 2.15. The van der Waals surface area contributed by atoms with Gasteiger partial charge in [0.2, 0.25) is 0 Å². The van der Waals surface area contributed by atoms with Gasteiger partial charge in [-0.25, -0.2) is 0 Å². The van der Waals surface area contributed by atoms with Crippen molar-refractivity contribution in [1.29, 1.82) is 0 Å². The van der Waals surface area contributed by atoms with Gasteiger partial charge in [-0.15, -0.1) is 0 Å². The largest absolute Gasteiger partial charge is 0.462 e. The second-order valence-electron chi connectivity index (χ2n) is 16.4. The zero-order valence-corrected chi connectivity index (χ0v) is 37.0. The molecule has 0 atom stereocenters. The maximum Gasteiger partial charge on any atom is 0.306 e. The zero-order valence-electron chi connectivity index (χ0n) is 37.0. The van der Waals surface area contributed by atoms with Crippen LogP contribution < -0.4 is 0 Å². The number of unbranched alkanes of at least 4 members (excludes halogenated alkanes) is 31. The fraction of sp³-hybridized carbons (Fsp3) is 0.898. The minimum atomic E-state index is -0.763. The second-order valence-corrected chi connectivity index (χ2v) is 16.4. The van der Waals surface area contributed by atoms with Crippen LogP contribution in [0, 0.1) is 0 Å². The molecule has 0 radical (unpaired) electrons. The topological polar surface area (TPSA) is 78.9 Å². The van der Waals surface area contributed by atoms with E-state index in [-0.39, 0.29) is 31.1 Å². The van der Waals surface area contributed by atoms with E-state index in [1.54, 1.807) is 0 Å². The summed E-state index contributed by atoms with van der Waals surface area (Å²) in [7, 11) is 0. The van der Waals surface area contributed by atoms with Crippen molar-refractivity contribution < 1.29 is 28.6 Å². The number of ether oxygens (including phenoxy) is 3. The summed E-state index contributed by atoms with van der Waals surface area (Å²) in [5.41, 5.74) is 0. The van der Waals surface area contributed by atoms with Crippen molar-refractivity contribution in [3.8, 4) is 0 Å². The van der Waals surface area contributed by atoms with Gasteiger partial charge in [-0.3, -0.25) is 14.4 Å². The van der Waals surface area contributed by atoms with Crippen LogP contribution in [0.25, 0.3) is 0 Å². The van der Waals surface area contributed by atoms with Crippen LogP contribution in [0.4, 0.5) is 0 Å². The van der Waals surface area contributed by atoms with E-state index in [0.29, 0.717) is 19.3 Å². The molecule has 0 fully saturated rings. The highest BCUT2D eigenvalue weighted by atomic mass is 16.6. The molecule has 0 aliphatic heterocycles. The Labute approximate surface area is 341 Å². The minimum absolute atomic E-state index is 0.0671. The van der Waals surface area contributed by atoms with E-state index in [4.69, 9.17) is 14.2 Å². The van der Waals surface area contributed by atoms with Crippen LogP contribution in [0.5, 0.6) is 0 Å². The first-order valence-corrected chi connectivity index (χ1v) is 24.2. The molecular formula is C49H92O6. The summed E-state index contributed by atoms with van der Waals surface area (Å²) >= 11 is 0. The zero-order chi connectivity index (χ0) is 40.1. The Morgan fingerprint density at radius 1 is 0.345 bits per heavy atom. The minimum Gasteiger partial charge on any atom is -0.462 e. The van der Waals surface area contributed by atoms with Gasteiger partial charge in [-0.1, -0.05) is 213 Å². The monoisotopic (exact) mass is 777 g/mol. The Bertz CT molecular complexity index is 812. The van der Waals surface area contributed by atoms with Gasteiger partial charge in [0.15, 0.2) is 6.10 Å². The van der Waals surface area contributed by atoms with Crippen molar-refractivity contribution >= 4 is 17.9 Å². The average Bonchev–Trinajstić information content (AvgIpc) is 3.18. The van der Waals surface area contributed by atoms with E-state index < -0.39 is 6.10 Å². The SMILES string of the molecule is CCCCCC/C=C\CCCCCCCCCC(=O)OC(COC(=O)CCCCCCCCCCCCC)COC(=O)CCCCCCCCCCCCC. The second kappa shape index (κ2) is 44.9. The molecule has 0 aliphatic carbocycles. The summed E-state index contributed by atoms with van der Waals surface area (Å²) in [6.45, 7) is 6.63. The molecule has 0 amide bonds. The standard InChI is InChI=1S/C49H92O6/c1-4-7-10-13-16-19-22-23-24-25-28-31-34-37-40-43-49(52)55-46(44-53-47(50)41-38-35-32-29-26-20-17-14-11-8-5-2)45-54-48(51)42-39-36-33-30-27-21-18-15-12-9-6-3/h19,22,46H,4-18,20-21,23-45H2,1-3H3/b22-19-. The quantitative estimate of drug-likeness (QED) is 0.0265. The van der Waals surface area contributed by atoms with Crippen molar-refractivity contribution in [2.45, 2.75) is 271 Å². The van der Waals surface area contributed by atoms with Gasteiger partial charge in [0.25, 0.3) is 0 Å². The molecule has 0 bridgehead atoms. The lowest BCUT2D eigenvalue weighted by atomic mass is 10.1. The molecule has 0 aliphatic rings. The van der Waals surface area contributed by atoms with Gasteiger partial charge in [-0.05, 0) is 44.9 Å². The number of carbonyl (C=O) groups is 3. The Kier molecular flexibility index (Phi) is 43.4. The van der Waals surface area contributed by atoms with Crippen molar-refractivity contribution in [2.75, 3.05) is 13.2 Å². The van der Waals surface area contributed by atoms with Crippen LogP contribution in [-0.2, 0) is 28.6 Å². The van der Waals surface area contributed by atoms with E-state index >= 15 is 0 Å². The Balaban J connectivity index is 4.33. The molecule has 6 heteroatoms. The summed E-state index contributed by atoms with van der Waals surface area (Å²) in [5, 5.41) is 0. The van der Waals surface area contributed by atoms with E-state index in [9.17, 15) is 14.4 Å². The smallest absolute Gasteiger partial charge is 0.306 e. The number of hydrogen-bond donors (Lipinski definition) is 0. The third-order valence-corrected chi connectivity index (χ3v) is 10.8. The molecule has 6 nitrogen and oxygen atoms in total. The number of esters is 3. The van der Waals surface area contributed by atoms with Gasteiger partial charge in [0, 0.05) is 19.3 Å². The molecule has 0 spiro atoms. The van der Waals surface area contributed by atoms with Crippen LogP contribution in [-0.4, -0.2) is 37.2 Å². The number of allylic oxidation sites excluding steroid dienone is 2. The summed E-state index contributed by atoms with van der Waals surface area (Å²) < 4.78 is 16.7. The molecule has 0 aromatic heterocycles. The lowest BCUT2D eigenvalue weighted by Crippen LogP contribution is -2.30. The summed E-state index contributed by atoms with van der Waals surface area (Å²) in [5.74, 6) is -0.861. The first kappa shape index (κ1) is 53.1. The van der Waals surface area contributed by atoms with E-state index in [2.05, 4.69) is 32.9 Å². The van der Waals surface area contributed by atoms with Crippen LogP contribution in [0.1, 0.15) is 265 Å². The van der Waals surface area contributed by atoms with Crippen molar-refractivity contribution in [1.82, 2.24) is 0 Å². The molecule has 0 N–H and O–H groups in total. The number of rotatable bonds is 44. The van der Waals surface area contributed by atoms with Gasteiger partial charge in [-0.2, -0.15) is 0 Å². The predicted octanol–water partition coefficient (Wildman–Crippen LogP) is 15.4. The van der Waals surface area contributed by atoms with Gasteiger partial charge >= 0.3 is 17.9 Å². The van der Waals surface area contributed by atoms with Gasteiger partial charge in [0.05, 0.1) is 0 Å². The fourth-order valence-corrected chi connectivity index (χ4v) is 7.08. The molecule has 324 valence electrons. The lowest BCUT2D eigenvalue weighted by Gasteiger charge is -2.18. The van der Waals surface area contributed by atoms with Crippen molar-refractivity contribution in [3.63, 3.8) is 0 Å². The molecule has 0 saturated carbocycles. The molecule has 0 heterocycles. The van der Waals surface area contributed by atoms with Crippen LogP contribution in [0.3, 0.4) is 0 Å². The summed E-state index contributed by atoms with van der Waals surface area (Å²) in [6, 6.07) is 0. The van der Waals surface area contributed by atoms with Crippen LogP contribution >= 0.6 is 0 Å². The normalized spacial score (nSPS) is 11.5. The first-order chi connectivity index (χ1) is 27.0. The summed E-state index contributed by atoms with van der Waals surface area (Å²) in [4.78, 5) is 37.8.